The number of ether oxygens (including phenoxy) is 1. The Hall–Kier alpha value is -1.31. The molecule has 1 aromatic carbocycles. The van der Waals surface area contributed by atoms with Crippen LogP contribution < -0.4 is 0 Å². The molecule has 2 nitrogen and oxygen atoms in total. The fourth-order valence-corrected chi connectivity index (χ4v) is 2.94. The Morgan fingerprint density at radius 2 is 1.82 bits per heavy atom. The third kappa shape index (κ3) is 7.63. The maximum atomic E-state index is 11.9. The van der Waals surface area contributed by atoms with Gasteiger partial charge in [-0.25, -0.2) is 0 Å². The summed E-state index contributed by atoms with van der Waals surface area (Å²) in [5.41, 5.74) is 1.40. The van der Waals surface area contributed by atoms with Crippen LogP contribution in [0.3, 0.4) is 0 Å². The van der Waals surface area contributed by atoms with Crippen molar-refractivity contribution in [1.29, 1.82) is 0 Å². The van der Waals surface area contributed by atoms with E-state index in [0.717, 1.165) is 25.7 Å². The highest BCUT2D eigenvalue weighted by molar-refractivity contribution is 5.69. The summed E-state index contributed by atoms with van der Waals surface area (Å²) in [6.07, 6.45) is 7.23. The molecule has 2 atom stereocenters. The zero-order valence-corrected chi connectivity index (χ0v) is 14.5. The molecule has 22 heavy (non-hydrogen) atoms. The van der Waals surface area contributed by atoms with Crippen LogP contribution in [0.2, 0.25) is 0 Å². The number of esters is 1. The van der Waals surface area contributed by atoms with Gasteiger partial charge in [0, 0.05) is 6.42 Å². The first-order chi connectivity index (χ1) is 10.7. The second kappa shape index (κ2) is 11.3. The predicted octanol–water partition coefficient (Wildman–Crippen LogP) is 5.72. The number of rotatable bonds is 11. The molecular formula is C20H32O2. The highest BCUT2D eigenvalue weighted by Gasteiger charge is 2.17. The highest BCUT2D eigenvalue weighted by Crippen LogP contribution is 2.29. The Labute approximate surface area is 136 Å². The van der Waals surface area contributed by atoms with Crippen LogP contribution in [-0.4, -0.2) is 12.6 Å². The molecule has 2 unspecified atom stereocenters. The normalized spacial score (nSPS) is 13.6. The first-order valence-corrected chi connectivity index (χ1v) is 8.87. The molecule has 0 saturated heterocycles. The van der Waals surface area contributed by atoms with Gasteiger partial charge in [-0.1, -0.05) is 70.4 Å². The lowest BCUT2D eigenvalue weighted by Crippen LogP contribution is -2.13. The average Bonchev–Trinajstić information content (AvgIpc) is 2.52. The van der Waals surface area contributed by atoms with E-state index in [4.69, 9.17) is 4.74 Å². The molecule has 1 rings (SSSR count). The Balaban J connectivity index is 2.40. The van der Waals surface area contributed by atoms with Crippen molar-refractivity contribution in [3.05, 3.63) is 35.9 Å². The lowest BCUT2D eigenvalue weighted by Gasteiger charge is -2.20. The number of carbonyl (C=O) groups excluding carboxylic acids is 1. The van der Waals surface area contributed by atoms with Crippen LogP contribution in [0.5, 0.6) is 0 Å². The standard InChI is InChI=1S/C20H32O2/c1-4-6-10-14-22-20(21)16-17(3)15-19(11-5-2)18-12-8-7-9-13-18/h7-9,12-13,17,19H,4-6,10-11,14-16H2,1-3H3. The van der Waals surface area contributed by atoms with Gasteiger partial charge in [0.25, 0.3) is 0 Å². The first-order valence-electron chi connectivity index (χ1n) is 8.87. The molecule has 0 aliphatic carbocycles. The smallest absolute Gasteiger partial charge is 0.306 e. The van der Waals surface area contributed by atoms with Crippen LogP contribution in [0.4, 0.5) is 0 Å². The van der Waals surface area contributed by atoms with E-state index >= 15 is 0 Å². The average molecular weight is 304 g/mol. The predicted molar refractivity (Wildman–Crippen MR) is 93.0 cm³/mol. The maximum Gasteiger partial charge on any atom is 0.306 e. The molecule has 0 saturated carbocycles. The summed E-state index contributed by atoms with van der Waals surface area (Å²) in [5.74, 6) is 0.886. The number of benzene rings is 1. The van der Waals surface area contributed by atoms with Gasteiger partial charge < -0.3 is 4.74 Å². The molecule has 0 N–H and O–H groups in total. The van der Waals surface area contributed by atoms with Gasteiger partial charge >= 0.3 is 5.97 Å². The number of hydrogen-bond acceptors (Lipinski definition) is 2. The molecule has 1 aromatic rings. The van der Waals surface area contributed by atoms with Crippen LogP contribution in [0.1, 0.15) is 77.2 Å². The molecule has 0 spiro atoms. The number of carbonyl (C=O) groups is 1. The maximum absolute atomic E-state index is 11.9. The SMILES string of the molecule is CCCCCOC(=O)CC(C)CC(CCC)c1ccccc1. The first kappa shape index (κ1) is 18.7. The fraction of sp³-hybridized carbons (Fsp3) is 0.650. The van der Waals surface area contributed by atoms with Crippen molar-refractivity contribution < 1.29 is 9.53 Å². The van der Waals surface area contributed by atoms with Gasteiger partial charge in [0.05, 0.1) is 6.61 Å². The Kier molecular flexibility index (Phi) is 9.61. The van der Waals surface area contributed by atoms with Gasteiger partial charge in [0.15, 0.2) is 0 Å². The van der Waals surface area contributed by atoms with E-state index in [0.29, 0.717) is 24.9 Å². The summed E-state index contributed by atoms with van der Waals surface area (Å²) < 4.78 is 5.32. The van der Waals surface area contributed by atoms with Gasteiger partial charge in [-0.15, -0.1) is 0 Å². The van der Waals surface area contributed by atoms with Crippen LogP contribution in [-0.2, 0) is 9.53 Å². The third-order valence-electron chi connectivity index (χ3n) is 4.12. The number of unbranched alkanes of at least 4 members (excludes halogenated alkanes) is 2. The van der Waals surface area contributed by atoms with E-state index in [1.807, 2.05) is 0 Å². The van der Waals surface area contributed by atoms with Gasteiger partial charge in [-0.3, -0.25) is 4.79 Å². The van der Waals surface area contributed by atoms with Crippen LogP contribution in [0.25, 0.3) is 0 Å². The Bertz CT molecular complexity index is 399. The van der Waals surface area contributed by atoms with Crippen molar-refractivity contribution in [1.82, 2.24) is 0 Å². The van der Waals surface area contributed by atoms with Gasteiger partial charge in [-0.2, -0.15) is 0 Å². The lowest BCUT2D eigenvalue weighted by molar-refractivity contribution is -0.144. The largest absolute Gasteiger partial charge is 0.466 e. The zero-order chi connectivity index (χ0) is 16.2. The fourth-order valence-electron chi connectivity index (χ4n) is 2.94. The molecular weight excluding hydrogens is 272 g/mol. The lowest BCUT2D eigenvalue weighted by atomic mass is 9.85. The monoisotopic (exact) mass is 304 g/mol. The minimum atomic E-state index is -0.0353. The van der Waals surface area contributed by atoms with E-state index in [2.05, 4.69) is 51.1 Å². The van der Waals surface area contributed by atoms with E-state index in [-0.39, 0.29) is 5.97 Å². The Morgan fingerprint density at radius 1 is 1.09 bits per heavy atom. The van der Waals surface area contributed by atoms with Crippen LogP contribution >= 0.6 is 0 Å². The molecule has 124 valence electrons. The van der Waals surface area contributed by atoms with E-state index in [9.17, 15) is 4.79 Å². The zero-order valence-electron chi connectivity index (χ0n) is 14.5. The van der Waals surface area contributed by atoms with Crippen molar-refractivity contribution in [3.8, 4) is 0 Å². The molecule has 0 heterocycles. The molecule has 2 heteroatoms. The summed E-state index contributed by atoms with van der Waals surface area (Å²) in [4.78, 5) is 11.9. The molecule has 0 aliphatic rings. The van der Waals surface area contributed by atoms with E-state index in [1.165, 1.54) is 18.4 Å². The molecule has 0 aromatic heterocycles. The summed E-state index contributed by atoms with van der Waals surface area (Å²) in [7, 11) is 0. The molecule has 0 radical (unpaired) electrons. The number of hydrogen-bond donors (Lipinski definition) is 0. The summed E-state index contributed by atoms with van der Waals surface area (Å²) in [5, 5.41) is 0. The van der Waals surface area contributed by atoms with E-state index in [1.54, 1.807) is 0 Å². The Morgan fingerprint density at radius 3 is 2.45 bits per heavy atom. The van der Waals surface area contributed by atoms with Crippen LogP contribution in [0.15, 0.2) is 30.3 Å². The quantitative estimate of drug-likeness (QED) is 0.386. The molecule has 0 bridgehead atoms. The minimum Gasteiger partial charge on any atom is -0.466 e. The second-order valence-corrected chi connectivity index (χ2v) is 6.37. The van der Waals surface area contributed by atoms with Gasteiger partial charge in [0.2, 0.25) is 0 Å². The molecule has 0 amide bonds. The molecule has 0 fully saturated rings. The van der Waals surface area contributed by atoms with Crippen LogP contribution in [0, 0.1) is 5.92 Å². The van der Waals surface area contributed by atoms with Crippen molar-refractivity contribution in [2.75, 3.05) is 6.61 Å². The summed E-state index contributed by atoms with van der Waals surface area (Å²) in [6, 6.07) is 10.7. The third-order valence-corrected chi connectivity index (χ3v) is 4.12. The summed E-state index contributed by atoms with van der Waals surface area (Å²) >= 11 is 0. The topological polar surface area (TPSA) is 26.3 Å². The van der Waals surface area contributed by atoms with E-state index < -0.39 is 0 Å². The van der Waals surface area contributed by atoms with Crippen molar-refractivity contribution in [2.45, 2.75) is 71.6 Å². The minimum absolute atomic E-state index is 0.0353. The molecule has 0 aliphatic heterocycles. The van der Waals surface area contributed by atoms with Gasteiger partial charge in [0.1, 0.15) is 0 Å². The van der Waals surface area contributed by atoms with Crippen molar-refractivity contribution in [2.24, 2.45) is 5.92 Å². The second-order valence-electron chi connectivity index (χ2n) is 6.37. The summed E-state index contributed by atoms with van der Waals surface area (Å²) in [6.45, 7) is 7.12. The van der Waals surface area contributed by atoms with Crippen molar-refractivity contribution in [3.63, 3.8) is 0 Å². The van der Waals surface area contributed by atoms with Gasteiger partial charge in [-0.05, 0) is 36.7 Å². The highest BCUT2D eigenvalue weighted by atomic mass is 16.5. The van der Waals surface area contributed by atoms with Crippen molar-refractivity contribution >= 4 is 5.97 Å².